The molecule has 0 aromatic carbocycles. The van der Waals surface area contributed by atoms with Crippen LogP contribution in [0.5, 0.6) is 0 Å². The molecular formula is C18H23N5S. The van der Waals surface area contributed by atoms with Crippen LogP contribution in [0.25, 0.3) is 0 Å². The summed E-state index contributed by atoms with van der Waals surface area (Å²) < 4.78 is 2.28. The number of fused-ring (bicyclic) bond motifs is 1. The van der Waals surface area contributed by atoms with Gasteiger partial charge in [-0.05, 0) is 30.4 Å². The van der Waals surface area contributed by atoms with Gasteiger partial charge in [-0.25, -0.2) is 9.97 Å². The van der Waals surface area contributed by atoms with E-state index in [-0.39, 0.29) is 6.04 Å². The molecule has 1 atom stereocenters. The Morgan fingerprint density at radius 2 is 2.29 bits per heavy atom. The molecule has 0 bridgehead atoms. The number of aryl methyl sites for hydroxylation is 2. The molecule has 5 nitrogen and oxygen atoms in total. The number of aromatic nitrogens is 4. The summed E-state index contributed by atoms with van der Waals surface area (Å²) in [6.45, 7) is 7.38. The molecule has 0 unspecified atom stereocenters. The molecule has 1 N–H and O–H groups in total. The zero-order chi connectivity index (χ0) is 16.5. The molecule has 3 aromatic heterocycles. The Morgan fingerprint density at radius 3 is 3.08 bits per heavy atom. The summed E-state index contributed by atoms with van der Waals surface area (Å²) in [6.07, 6.45) is 7.96. The summed E-state index contributed by atoms with van der Waals surface area (Å²) >= 11 is 1.84. The van der Waals surface area contributed by atoms with Gasteiger partial charge in [0.1, 0.15) is 11.9 Å². The monoisotopic (exact) mass is 341 g/mol. The first-order valence-corrected chi connectivity index (χ1v) is 9.46. The maximum atomic E-state index is 4.71. The van der Waals surface area contributed by atoms with Gasteiger partial charge >= 0.3 is 0 Å². The minimum absolute atomic E-state index is 0.128. The van der Waals surface area contributed by atoms with E-state index in [4.69, 9.17) is 4.98 Å². The Balaban J connectivity index is 1.73. The Hall–Kier alpha value is -1.92. The van der Waals surface area contributed by atoms with Crippen molar-refractivity contribution < 1.29 is 0 Å². The van der Waals surface area contributed by atoms with Gasteiger partial charge in [0, 0.05) is 49.0 Å². The molecule has 1 aliphatic rings. The van der Waals surface area contributed by atoms with Crippen molar-refractivity contribution in [1.29, 1.82) is 0 Å². The van der Waals surface area contributed by atoms with Crippen LogP contribution in [0.15, 0.2) is 30.2 Å². The molecule has 3 aromatic rings. The molecule has 0 amide bonds. The number of hydrogen-bond donors (Lipinski definition) is 1. The molecule has 24 heavy (non-hydrogen) atoms. The fourth-order valence-corrected chi connectivity index (χ4v) is 4.46. The fourth-order valence-electron chi connectivity index (χ4n) is 3.53. The van der Waals surface area contributed by atoms with Gasteiger partial charge in [0.05, 0.1) is 12.0 Å². The Kier molecular flexibility index (Phi) is 4.24. The lowest BCUT2D eigenvalue weighted by Gasteiger charge is -2.34. The van der Waals surface area contributed by atoms with Gasteiger partial charge < -0.3 is 9.55 Å². The third kappa shape index (κ3) is 2.70. The zero-order valence-corrected chi connectivity index (χ0v) is 15.0. The number of H-pyrrole nitrogens is 1. The van der Waals surface area contributed by atoms with Gasteiger partial charge in [0.2, 0.25) is 0 Å². The lowest BCUT2D eigenvalue weighted by atomic mass is 10.0. The van der Waals surface area contributed by atoms with E-state index >= 15 is 0 Å². The van der Waals surface area contributed by atoms with Gasteiger partial charge in [-0.3, -0.25) is 4.90 Å². The maximum Gasteiger partial charge on any atom is 0.132 e. The van der Waals surface area contributed by atoms with Gasteiger partial charge in [0.15, 0.2) is 0 Å². The van der Waals surface area contributed by atoms with Crippen LogP contribution >= 0.6 is 11.3 Å². The highest BCUT2D eigenvalue weighted by molar-refractivity contribution is 7.10. The van der Waals surface area contributed by atoms with Crippen LogP contribution in [0.4, 0.5) is 0 Å². The molecular weight excluding hydrogens is 318 g/mol. The molecule has 1 aliphatic heterocycles. The average molecular weight is 341 g/mol. The highest BCUT2D eigenvalue weighted by Gasteiger charge is 2.34. The molecule has 0 saturated heterocycles. The van der Waals surface area contributed by atoms with Crippen LogP contribution in [0, 0.1) is 6.92 Å². The lowest BCUT2D eigenvalue weighted by Crippen LogP contribution is -2.37. The SMILES string of the molecule is CCCn1ccnc1[C@@H]1c2nc[nH]c2CCN1Cc1sccc1C. The van der Waals surface area contributed by atoms with Crippen molar-refractivity contribution in [2.75, 3.05) is 6.54 Å². The van der Waals surface area contributed by atoms with Crippen molar-refractivity contribution in [3.8, 4) is 0 Å². The molecule has 6 heteroatoms. The highest BCUT2D eigenvalue weighted by atomic mass is 32.1. The summed E-state index contributed by atoms with van der Waals surface area (Å²) in [7, 11) is 0. The highest BCUT2D eigenvalue weighted by Crippen LogP contribution is 2.34. The first kappa shape index (κ1) is 15.6. The van der Waals surface area contributed by atoms with E-state index in [1.807, 2.05) is 23.9 Å². The van der Waals surface area contributed by atoms with Crippen LogP contribution in [0.3, 0.4) is 0 Å². The van der Waals surface area contributed by atoms with E-state index in [1.54, 1.807) is 0 Å². The zero-order valence-electron chi connectivity index (χ0n) is 14.2. The summed E-state index contributed by atoms with van der Waals surface area (Å²) in [6, 6.07) is 2.33. The molecule has 0 spiro atoms. The largest absolute Gasteiger partial charge is 0.348 e. The number of rotatable bonds is 5. The number of thiophene rings is 1. The molecule has 0 fully saturated rings. The normalized spacial score (nSPS) is 18.0. The predicted molar refractivity (Wildman–Crippen MR) is 96.1 cm³/mol. The van der Waals surface area contributed by atoms with Crippen LogP contribution in [-0.4, -0.2) is 31.0 Å². The standard InChI is InChI=1S/C18H23N5S/c1-3-7-22-9-6-19-18(22)17-16-14(20-12-21-16)4-8-23(17)11-15-13(2)5-10-24-15/h5-6,9-10,12,17H,3-4,7-8,11H2,1-2H3,(H,20,21)/t17-/m0/s1. The van der Waals surface area contributed by atoms with Crippen LogP contribution in [0.1, 0.15) is 47.0 Å². The molecule has 4 rings (SSSR count). The van der Waals surface area contributed by atoms with Crippen molar-refractivity contribution in [2.45, 2.75) is 45.8 Å². The molecule has 0 radical (unpaired) electrons. The van der Waals surface area contributed by atoms with Crippen molar-refractivity contribution in [1.82, 2.24) is 24.4 Å². The van der Waals surface area contributed by atoms with Crippen LogP contribution < -0.4 is 0 Å². The second kappa shape index (κ2) is 6.53. The number of aromatic amines is 1. The van der Waals surface area contributed by atoms with E-state index in [0.717, 1.165) is 44.0 Å². The lowest BCUT2D eigenvalue weighted by molar-refractivity contribution is 0.191. The number of nitrogens with one attached hydrogen (secondary N) is 1. The second-order valence-corrected chi connectivity index (χ2v) is 7.40. The first-order valence-electron chi connectivity index (χ1n) is 8.58. The fraction of sp³-hybridized carbons (Fsp3) is 0.444. The molecule has 126 valence electrons. The summed E-state index contributed by atoms with van der Waals surface area (Å²) in [5.41, 5.74) is 3.77. The van der Waals surface area contributed by atoms with Gasteiger partial charge in [-0.1, -0.05) is 6.92 Å². The Bertz CT molecular complexity index is 815. The van der Waals surface area contributed by atoms with Crippen molar-refractivity contribution in [3.63, 3.8) is 0 Å². The minimum Gasteiger partial charge on any atom is -0.348 e. The van der Waals surface area contributed by atoms with Crippen molar-refractivity contribution in [3.05, 3.63) is 57.8 Å². The van der Waals surface area contributed by atoms with Gasteiger partial charge in [-0.2, -0.15) is 0 Å². The van der Waals surface area contributed by atoms with Gasteiger partial charge in [0.25, 0.3) is 0 Å². The number of nitrogens with zero attached hydrogens (tertiary/aromatic N) is 4. The first-order chi connectivity index (χ1) is 11.8. The van der Waals surface area contributed by atoms with Gasteiger partial charge in [-0.15, -0.1) is 11.3 Å². The van der Waals surface area contributed by atoms with E-state index < -0.39 is 0 Å². The second-order valence-electron chi connectivity index (χ2n) is 6.39. The number of imidazole rings is 2. The Labute approximate surface area is 146 Å². The smallest absolute Gasteiger partial charge is 0.132 e. The van der Waals surface area contributed by atoms with Crippen molar-refractivity contribution in [2.24, 2.45) is 0 Å². The van der Waals surface area contributed by atoms with Crippen LogP contribution in [0.2, 0.25) is 0 Å². The summed E-state index contributed by atoms with van der Waals surface area (Å²) in [5.74, 6) is 1.11. The maximum absolute atomic E-state index is 4.71. The molecule has 0 saturated carbocycles. The van der Waals surface area contributed by atoms with Crippen molar-refractivity contribution >= 4 is 11.3 Å². The van der Waals surface area contributed by atoms with E-state index in [9.17, 15) is 0 Å². The number of hydrogen-bond acceptors (Lipinski definition) is 4. The predicted octanol–water partition coefficient (Wildman–Crippen LogP) is 3.53. The summed E-state index contributed by atoms with van der Waals surface area (Å²) in [5, 5.41) is 2.18. The minimum atomic E-state index is 0.128. The average Bonchev–Trinajstić information content (AvgIpc) is 3.30. The summed E-state index contributed by atoms with van der Waals surface area (Å²) in [4.78, 5) is 16.6. The van der Waals surface area contributed by atoms with E-state index in [0.29, 0.717) is 0 Å². The third-order valence-corrected chi connectivity index (χ3v) is 5.80. The third-order valence-electron chi connectivity index (χ3n) is 4.80. The quantitative estimate of drug-likeness (QED) is 0.772. The topological polar surface area (TPSA) is 49.7 Å². The van der Waals surface area contributed by atoms with E-state index in [1.165, 1.54) is 16.1 Å². The molecule has 0 aliphatic carbocycles. The van der Waals surface area contributed by atoms with E-state index in [2.05, 4.69) is 50.9 Å². The molecule has 4 heterocycles. The Morgan fingerprint density at radius 1 is 1.38 bits per heavy atom. The van der Waals surface area contributed by atoms with Crippen LogP contribution in [-0.2, 0) is 19.5 Å².